The van der Waals surface area contributed by atoms with E-state index in [1.165, 1.54) is 19.8 Å². The van der Waals surface area contributed by atoms with E-state index in [1.807, 2.05) is 0 Å². The molecule has 4 aliphatic carbocycles. The largest absolute Gasteiger partial charge is 0.459 e. The van der Waals surface area contributed by atoms with Gasteiger partial charge < -0.3 is 34.3 Å². The first-order valence-electron chi connectivity index (χ1n) is 16.3. The minimum absolute atomic E-state index is 0.0385. The number of hydrogen-bond acceptors (Lipinski definition) is 8. The fourth-order valence-electron chi connectivity index (χ4n) is 11.1. The lowest BCUT2D eigenvalue weighted by Crippen LogP contribution is -2.58. The molecule has 4 saturated carbocycles. The van der Waals surface area contributed by atoms with Crippen molar-refractivity contribution in [3.63, 3.8) is 0 Å². The van der Waals surface area contributed by atoms with Crippen molar-refractivity contribution in [1.82, 2.24) is 0 Å². The number of aliphatic hydroxyl groups excluding tert-OH is 3. The lowest BCUT2D eigenvalue weighted by atomic mass is 9.44. The number of aliphatic hydroxyl groups is 3. The first-order chi connectivity index (χ1) is 19.3. The van der Waals surface area contributed by atoms with Gasteiger partial charge in [0.2, 0.25) is 0 Å². The maximum atomic E-state index is 13.0. The molecule has 15 atom stereocenters. The molecule has 41 heavy (non-hydrogen) atoms. The molecule has 232 valence electrons. The Hall–Kier alpha value is -1.06. The summed E-state index contributed by atoms with van der Waals surface area (Å²) in [4.78, 5) is 24.1. The maximum absolute atomic E-state index is 13.0. The molecular formula is C33H52O8. The third-order valence-corrected chi connectivity index (χ3v) is 13.8. The molecule has 0 amide bonds. The average molecular weight is 577 g/mol. The van der Waals surface area contributed by atoms with Gasteiger partial charge in [-0.05, 0) is 105 Å². The van der Waals surface area contributed by atoms with Crippen LogP contribution in [0, 0.1) is 57.7 Å². The third-order valence-electron chi connectivity index (χ3n) is 13.8. The molecule has 2 aliphatic heterocycles. The SMILES string of the molecule is C[C@@H]1CC[C@@]2(OC1)OC1C[C@H]3C4CC[C@H]5C[C@@H](OC(=O)C(C)(CO)C(O)C=O)[C@H](O)C[C@]5(C)C4CC[C@]3(C)C1[C@@H]2C. The molecule has 6 unspecified atom stereocenters. The van der Waals surface area contributed by atoms with Gasteiger partial charge in [0.15, 0.2) is 5.79 Å². The smallest absolute Gasteiger partial charge is 0.317 e. The fourth-order valence-corrected chi connectivity index (χ4v) is 11.1. The summed E-state index contributed by atoms with van der Waals surface area (Å²) in [6, 6.07) is 0. The molecule has 6 aliphatic rings. The fraction of sp³-hybridized carbons (Fsp3) is 0.939. The molecule has 8 heteroatoms. The van der Waals surface area contributed by atoms with Crippen molar-refractivity contribution in [2.24, 2.45) is 57.7 Å². The van der Waals surface area contributed by atoms with Gasteiger partial charge in [0.25, 0.3) is 0 Å². The number of esters is 1. The van der Waals surface area contributed by atoms with Crippen LogP contribution in [0.2, 0.25) is 0 Å². The van der Waals surface area contributed by atoms with E-state index in [4.69, 9.17) is 14.2 Å². The number of hydrogen-bond donors (Lipinski definition) is 3. The van der Waals surface area contributed by atoms with Crippen LogP contribution in [0.1, 0.15) is 92.4 Å². The summed E-state index contributed by atoms with van der Waals surface area (Å²) in [5.74, 6) is 2.33. The summed E-state index contributed by atoms with van der Waals surface area (Å²) in [6.45, 7) is 10.9. The van der Waals surface area contributed by atoms with Crippen LogP contribution in [0.4, 0.5) is 0 Å². The Morgan fingerprint density at radius 1 is 1.10 bits per heavy atom. The molecule has 8 nitrogen and oxygen atoms in total. The second-order valence-corrected chi connectivity index (χ2v) is 15.8. The average Bonchev–Trinajstić information content (AvgIpc) is 3.39. The molecule has 0 aromatic carbocycles. The highest BCUT2D eigenvalue weighted by Crippen LogP contribution is 2.71. The van der Waals surface area contributed by atoms with Crippen LogP contribution in [0.15, 0.2) is 0 Å². The van der Waals surface area contributed by atoms with Crippen LogP contribution in [-0.2, 0) is 23.8 Å². The van der Waals surface area contributed by atoms with Crippen molar-refractivity contribution in [3.8, 4) is 0 Å². The Kier molecular flexibility index (Phi) is 7.50. The van der Waals surface area contributed by atoms with Crippen molar-refractivity contribution in [1.29, 1.82) is 0 Å². The van der Waals surface area contributed by atoms with Crippen LogP contribution in [0.3, 0.4) is 0 Å². The van der Waals surface area contributed by atoms with E-state index in [0.717, 1.165) is 38.7 Å². The van der Waals surface area contributed by atoms with Crippen molar-refractivity contribution < 1.29 is 39.1 Å². The summed E-state index contributed by atoms with van der Waals surface area (Å²) in [7, 11) is 0. The van der Waals surface area contributed by atoms with Crippen LogP contribution in [0.5, 0.6) is 0 Å². The standard InChI is InChI=1S/C33H52O8/c1-18-8-11-33(39-16-18)19(2)28-26(41-33)13-23-21-7-6-20-12-25(40-29(38)32(5,17-35)27(37)15-34)24(36)14-31(20,4)22(21)9-10-30(23,28)3/h15,18-28,35-37H,6-14,16-17H2,1-5H3/t18-,19+,20+,21?,22?,23+,24-,25-,26?,27?,28?,30+,31+,32?,33-/m1/s1. The Morgan fingerprint density at radius 3 is 2.51 bits per heavy atom. The first-order valence-corrected chi connectivity index (χ1v) is 16.3. The topological polar surface area (TPSA) is 123 Å². The van der Waals surface area contributed by atoms with Crippen molar-refractivity contribution in [2.75, 3.05) is 13.2 Å². The van der Waals surface area contributed by atoms with Crippen LogP contribution >= 0.6 is 0 Å². The van der Waals surface area contributed by atoms with Gasteiger partial charge in [-0.15, -0.1) is 0 Å². The maximum Gasteiger partial charge on any atom is 0.317 e. The third kappa shape index (κ3) is 4.32. The highest BCUT2D eigenvalue weighted by Gasteiger charge is 2.69. The Balaban J connectivity index is 1.16. The van der Waals surface area contributed by atoms with E-state index in [1.54, 1.807) is 0 Å². The Morgan fingerprint density at radius 2 is 1.85 bits per heavy atom. The minimum atomic E-state index is -1.74. The van der Waals surface area contributed by atoms with Crippen molar-refractivity contribution in [2.45, 2.75) is 123 Å². The highest BCUT2D eigenvalue weighted by molar-refractivity contribution is 5.82. The minimum Gasteiger partial charge on any atom is -0.459 e. The van der Waals surface area contributed by atoms with E-state index in [9.17, 15) is 24.9 Å². The molecule has 2 saturated heterocycles. The lowest BCUT2D eigenvalue weighted by molar-refractivity contribution is -0.273. The van der Waals surface area contributed by atoms with Gasteiger partial charge in [0.05, 0.1) is 25.4 Å². The molecule has 2 heterocycles. The van der Waals surface area contributed by atoms with Gasteiger partial charge in [0.1, 0.15) is 23.9 Å². The van der Waals surface area contributed by atoms with Gasteiger partial charge >= 0.3 is 5.97 Å². The molecule has 0 aromatic heterocycles. The molecule has 0 radical (unpaired) electrons. The summed E-state index contributed by atoms with van der Waals surface area (Å²) in [6.07, 6.45) is 6.25. The van der Waals surface area contributed by atoms with Gasteiger partial charge in [-0.2, -0.15) is 0 Å². The zero-order valence-electron chi connectivity index (χ0n) is 25.6. The lowest BCUT2D eigenvalue weighted by Gasteiger charge is -2.62. The van der Waals surface area contributed by atoms with E-state index >= 15 is 0 Å². The number of aldehydes is 1. The summed E-state index contributed by atoms with van der Waals surface area (Å²) in [5.41, 5.74) is -1.54. The number of fused-ring (bicyclic) bond motifs is 7. The van der Waals surface area contributed by atoms with E-state index in [2.05, 4.69) is 27.7 Å². The van der Waals surface area contributed by atoms with Gasteiger partial charge in [-0.25, -0.2) is 0 Å². The molecule has 3 N–H and O–H groups in total. The zero-order valence-corrected chi connectivity index (χ0v) is 25.6. The predicted octanol–water partition coefficient (Wildman–Crippen LogP) is 3.87. The Bertz CT molecular complexity index is 1020. The number of rotatable bonds is 5. The second-order valence-electron chi connectivity index (χ2n) is 15.8. The first kappa shape index (κ1) is 30.0. The molecule has 0 bridgehead atoms. The number of carbonyl (C=O) groups is 2. The molecule has 1 spiro atoms. The van der Waals surface area contributed by atoms with Crippen LogP contribution in [0.25, 0.3) is 0 Å². The van der Waals surface area contributed by atoms with Crippen molar-refractivity contribution in [3.05, 3.63) is 0 Å². The van der Waals surface area contributed by atoms with Gasteiger partial charge in [-0.3, -0.25) is 4.79 Å². The monoisotopic (exact) mass is 576 g/mol. The van der Waals surface area contributed by atoms with E-state index < -0.39 is 42.1 Å². The highest BCUT2D eigenvalue weighted by atomic mass is 16.7. The van der Waals surface area contributed by atoms with E-state index in [0.29, 0.717) is 54.3 Å². The summed E-state index contributed by atoms with van der Waals surface area (Å²) >= 11 is 0. The van der Waals surface area contributed by atoms with E-state index in [-0.39, 0.29) is 23.2 Å². The number of carbonyl (C=O) groups excluding carboxylic acids is 2. The van der Waals surface area contributed by atoms with Gasteiger partial charge in [-0.1, -0.05) is 27.7 Å². The molecule has 0 aromatic rings. The van der Waals surface area contributed by atoms with Crippen molar-refractivity contribution >= 4 is 12.3 Å². The number of ether oxygens (including phenoxy) is 3. The Labute approximate surface area is 244 Å². The normalized spacial score (nSPS) is 52.9. The summed E-state index contributed by atoms with van der Waals surface area (Å²) in [5, 5.41) is 31.1. The van der Waals surface area contributed by atoms with Crippen LogP contribution < -0.4 is 0 Å². The van der Waals surface area contributed by atoms with Crippen LogP contribution in [-0.4, -0.2) is 71.0 Å². The summed E-state index contributed by atoms with van der Waals surface area (Å²) < 4.78 is 19.1. The predicted molar refractivity (Wildman–Crippen MR) is 150 cm³/mol. The zero-order chi connectivity index (χ0) is 29.5. The van der Waals surface area contributed by atoms with Gasteiger partial charge in [0, 0.05) is 12.3 Å². The molecule has 6 rings (SSSR count). The second kappa shape index (κ2) is 10.3. The quantitative estimate of drug-likeness (QED) is 0.333. The molecular weight excluding hydrogens is 524 g/mol. The molecule has 6 fully saturated rings.